The molecule has 0 bridgehead atoms. The average Bonchev–Trinajstić information content (AvgIpc) is 4.26. The van der Waals surface area contributed by atoms with Crippen LogP contribution >= 0.6 is 0 Å². The van der Waals surface area contributed by atoms with Crippen molar-refractivity contribution < 1.29 is 40.7 Å². The quantitative estimate of drug-likeness (QED) is 0.0711. The van der Waals surface area contributed by atoms with Crippen molar-refractivity contribution >= 4 is 17.6 Å². The van der Waals surface area contributed by atoms with E-state index >= 15 is 0 Å². The average molecular weight is 1010 g/mol. The molecule has 2 amide bonds. The van der Waals surface area contributed by atoms with Crippen LogP contribution in [0.3, 0.4) is 0 Å². The van der Waals surface area contributed by atoms with Crippen LogP contribution in [0.4, 0.5) is 26.3 Å². The highest BCUT2D eigenvalue weighted by Crippen LogP contribution is 2.50. The van der Waals surface area contributed by atoms with Gasteiger partial charge in [-0.15, -0.1) is 0 Å². The highest BCUT2D eigenvalue weighted by Gasteiger charge is 2.52. The Morgan fingerprint density at radius 2 is 0.945 bits per heavy atom. The number of aryl methyl sites for hydroxylation is 4. The number of halogens is 6. The van der Waals surface area contributed by atoms with E-state index < -0.39 is 46.1 Å². The summed E-state index contributed by atoms with van der Waals surface area (Å²) in [6.45, 7) is 5.42. The lowest BCUT2D eigenvalue weighted by molar-refractivity contribution is -0.139. The fraction of sp³-hybridized carbons (Fsp3) is 0.386. The van der Waals surface area contributed by atoms with Gasteiger partial charge in [-0.25, -0.2) is 19.9 Å². The Bertz CT molecular complexity index is 2880. The van der Waals surface area contributed by atoms with E-state index in [1.807, 2.05) is 111 Å². The molecule has 0 radical (unpaired) electrons. The first-order chi connectivity index (χ1) is 33.6. The summed E-state index contributed by atoms with van der Waals surface area (Å²) in [4.78, 5) is 52.1. The minimum atomic E-state index is -4.58. The first kappa shape index (κ1) is 57.1. The van der Waals surface area contributed by atoms with Gasteiger partial charge in [0, 0.05) is 37.7 Å². The van der Waals surface area contributed by atoms with Gasteiger partial charge in [-0.05, 0) is 116 Å². The van der Waals surface area contributed by atoms with E-state index in [1.165, 1.54) is 0 Å². The summed E-state index contributed by atoms with van der Waals surface area (Å²) in [5.41, 5.74) is 20.9. The summed E-state index contributed by atoms with van der Waals surface area (Å²) in [5.74, 6) is 0.0361. The zero-order valence-electron chi connectivity index (χ0n) is 39.8. The van der Waals surface area contributed by atoms with Crippen molar-refractivity contribution in [3.63, 3.8) is 0 Å². The fourth-order valence-electron chi connectivity index (χ4n) is 9.22. The summed E-state index contributed by atoms with van der Waals surface area (Å²) in [7, 11) is 0. The van der Waals surface area contributed by atoms with Gasteiger partial charge in [0.1, 0.15) is 17.4 Å². The number of carbonyl (C=O) groups is 3. The van der Waals surface area contributed by atoms with Crippen LogP contribution in [-0.2, 0) is 76.1 Å². The Labute approximate surface area is 423 Å². The second-order valence-electron chi connectivity index (χ2n) is 18.9. The third-order valence-electron chi connectivity index (χ3n) is 13.6. The monoisotopic (exact) mass is 1010 g/mol. The van der Waals surface area contributed by atoms with Crippen LogP contribution in [0.5, 0.6) is 0 Å². The van der Waals surface area contributed by atoms with Crippen LogP contribution < -0.4 is 17.2 Å². The van der Waals surface area contributed by atoms with Crippen molar-refractivity contribution in [3.05, 3.63) is 188 Å². The van der Waals surface area contributed by atoms with Crippen LogP contribution in [0.15, 0.2) is 109 Å². The van der Waals surface area contributed by atoms with Gasteiger partial charge in [0.25, 0.3) is 0 Å². The standard InChI is InChI=1S/C29H30F3N3O2.C26H27F3N4O.2CH4/c1-18(15-19(2)36)21-9-7-20(8-10-21)16-26-34-17-24(29(30,31)32)25(35-26)12-11-22-5-3-4-6-23(22)28(13-14-28)27(33)37;1-16(30)18-8-6-17(7-9-18)14-23-32-15-21(26(27,28)29)22(33-23)11-10-19-4-2-3-5-20(19)25(12-13-25)24(31)34;;/h3-10,17-18H,11-16H2,1-2H3,(H2,33,37);2-9,15-16H,10-14,30H2,1H3,(H2,31,34);2*1H4. The number of alkyl halides is 6. The van der Waals surface area contributed by atoms with Crippen LogP contribution in [0.1, 0.15) is 158 Å². The van der Waals surface area contributed by atoms with Crippen LogP contribution in [0.2, 0.25) is 0 Å². The molecule has 6 aromatic rings. The Hall–Kier alpha value is -6.81. The molecule has 2 aromatic heterocycles. The van der Waals surface area contributed by atoms with Crippen LogP contribution in [0, 0.1) is 0 Å². The van der Waals surface area contributed by atoms with E-state index in [9.17, 15) is 40.7 Å². The smallest absolute Gasteiger partial charge is 0.369 e. The molecule has 2 unspecified atom stereocenters. The molecule has 0 saturated heterocycles. The minimum Gasteiger partial charge on any atom is -0.369 e. The minimum absolute atomic E-state index is 0. The van der Waals surface area contributed by atoms with Gasteiger partial charge in [-0.2, -0.15) is 26.3 Å². The summed E-state index contributed by atoms with van der Waals surface area (Å²) in [5, 5.41) is 0. The molecule has 2 aliphatic rings. The van der Waals surface area contributed by atoms with Gasteiger partial charge in [-0.1, -0.05) is 119 Å². The van der Waals surface area contributed by atoms with Crippen LogP contribution in [0.25, 0.3) is 0 Å². The third kappa shape index (κ3) is 13.8. The van der Waals surface area contributed by atoms with Crippen molar-refractivity contribution in [3.8, 4) is 0 Å². The molecular formula is C57H65F6N7O3. The van der Waals surface area contributed by atoms with Crippen molar-refractivity contribution in [2.75, 3.05) is 0 Å². The molecule has 16 heteroatoms. The topological polar surface area (TPSA) is 181 Å². The molecule has 4 aromatic carbocycles. The second-order valence-corrected chi connectivity index (χ2v) is 18.9. The SMILES string of the molecule is C.C.CC(=O)CC(C)c1ccc(Cc2ncc(C(F)(F)F)c(CCc3ccccc3C3(C(N)=O)CC3)n2)cc1.CC(N)c1ccc(Cc2ncc(C(F)(F)F)c(CCc3ccccc3C3(C(N)=O)CC3)n2)cc1. The van der Waals surface area contributed by atoms with Crippen molar-refractivity contribution in [1.29, 1.82) is 0 Å². The van der Waals surface area contributed by atoms with E-state index in [2.05, 4.69) is 19.9 Å². The molecule has 8 rings (SSSR count). The lowest BCUT2D eigenvalue weighted by atomic mass is 9.88. The Balaban J connectivity index is 0.000000264. The number of nitrogens with two attached hydrogens (primary N) is 3. The summed E-state index contributed by atoms with van der Waals surface area (Å²) in [6.07, 6.45) is -3.01. The molecule has 2 aliphatic carbocycles. The lowest BCUT2D eigenvalue weighted by Gasteiger charge is -2.17. The number of Topliss-reactive ketones (excluding diaryl/α,β-unsaturated/α-hetero) is 1. The van der Waals surface area contributed by atoms with Crippen molar-refractivity contribution in [1.82, 2.24) is 19.9 Å². The molecule has 2 heterocycles. The van der Waals surface area contributed by atoms with E-state index in [0.29, 0.717) is 63.0 Å². The number of rotatable bonds is 18. The molecule has 2 atom stereocenters. The molecule has 2 saturated carbocycles. The predicted molar refractivity (Wildman–Crippen MR) is 270 cm³/mol. The Morgan fingerprint density at radius 3 is 1.27 bits per heavy atom. The normalized spacial score (nSPS) is 15.0. The zero-order chi connectivity index (χ0) is 51.3. The predicted octanol–water partition coefficient (Wildman–Crippen LogP) is 11.2. The number of carbonyl (C=O) groups excluding carboxylic acids is 3. The number of benzene rings is 4. The largest absolute Gasteiger partial charge is 0.419 e. The van der Waals surface area contributed by atoms with Gasteiger partial charge >= 0.3 is 12.4 Å². The molecule has 10 nitrogen and oxygen atoms in total. The summed E-state index contributed by atoms with van der Waals surface area (Å²) >= 11 is 0. The molecule has 0 aliphatic heterocycles. The number of nitrogens with zero attached hydrogens (tertiary/aromatic N) is 4. The number of aromatic nitrogens is 4. The maximum atomic E-state index is 13.8. The third-order valence-corrected chi connectivity index (χ3v) is 13.6. The first-order valence-electron chi connectivity index (χ1n) is 23.6. The van der Waals surface area contributed by atoms with E-state index in [1.54, 1.807) is 6.92 Å². The van der Waals surface area contributed by atoms with Crippen LogP contribution in [-0.4, -0.2) is 37.5 Å². The summed E-state index contributed by atoms with van der Waals surface area (Å²) in [6, 6.07) is 29.7. The second kappa shape index (κ2) is 23.4. The Morgan fingerprint density at radius 1 is 0.575 bits per heavy atom. The highest BCUT2D eigenvalue weighted by atomic mass is 19.4. The number of hydrogen-bond acceptors (Lipinski definition) is 8. The van der Waals surface area contributed by atoms with E-state index in [4.69, 9.17) is 17.2 Å². The number of amides is 2. The van der Waals surface area contributed by atoms with Gasteiger partial charge in [0.05, 0.1) is 33.3 Å². The van der Waals surface area contributed by atoms with Gasteiger partial charge in [-0.3, -0.25) is 9.59 Å². The first-order valence-corrected chi connectivity index (χ1v) is 23.6. The number of hydrogen-bond donors (Lipinski definition) is 3. The molecule has 2 fully saturated rings. The van der Waals surface area contributed by atoms with Gasteiger partial charge in [0.15, 0.2) is 0 Å². The van der Waals surface area contributed by atoms with Crippen molar-refractivity contribution in [2.45, 2.75) is 141 Å². The zero-order valence-corrected chi connectivity index (χ0v) is 39.8. The molecule has 0 spiro atoms. The molecule has 388 valence electrons. The molecular weight excluding hydrogens is 945 g/mol. The van der Waals surface area contributed by atoms with Crippen molar-refractivity contribution in [2.24, 2.45) is 17.2 Å². The lowest BCUT2D eigenvalue weighted by Crippen LogP contribution is -2.29. The fourth-order valence-corrected chi connectivity index (χ4v) is 9.22. The Kier molecular flexibility index (Phi) is 18.3. The van der Waals surface area contributed by atoms with E-state index in [-0.39, 0.29) is 63.2 Å². The highest BCUT2D eigenvalue weighted by molar-refractivity contribution is 5.91. The summed E-state index contributed by atoms with van der Waals surface area (Å²) < 4.78 is 82.3. The van der Waals surface area contributed by atoms with Gasteiger partial charge < -0.3 is 22.0 Å². The maximum absolute atomic E-state index is 13.8. The molecule has 73 heavy (non-hydrogen) atoms. The molecule has 6 N–H and O–H groups in total. The number of primary amides is 2. The van der Waals surface area contributed by atoms with Gasteiger partial charge in [0.2, 0.25) is 11.8 Å². The van der Waals surface area contributed by atoms with E-state index in [0.717, 1.165) is 56.9 Å². The number of ketones is 1. The maximum Gasteiger partial charge on any atom is 0.419 e.